The number of alkyl halides is 3. The number of hydrogen-bond acceptors (Lipinski definition) is 4. The quantitative estimate of drug-likeness (QED) is 0.878. The minimum atomic E-state index is -4.37. The molecule has 1 N–H and O–H groups in total. The lowest BCUT2D eigenvalue weighted by molar-refractivity contribution is -0.137. The Hall–Kier alpha value is -2.07. The van der Waals surface area contributed by atoms with E-state index in [1.165, 1.54) is 16.4 Å². The van der Waals surface area contributed by atoms with Crippen LogP contribution in [-0.4, -0.2) is 49.1 Å². The molecule has 0 amide bonds. The van der Waals surface area contributed by atoms with Crippen LogP contribution in [0.1, 0.15) is 17.0 Å². The molecule has 1 aliphatic rings. The molecule has 0 unspecified atom stereocenters. The van der Waals surface area contributed by atoms with Gasteiger partial charge in [-0.1, -0.05) is 0 Å². The number of piperazine rings is 1. The van der Waals surface area contributed by atoms with Gasteiger partial charge in [0.1, 0.15) is 4.90 Å². The number of nitrogens with zero attached hydrogens (tertiary/aromatic N) is 3. The van der Waals surface area contributed by atoms with Crippen molar-refractivity contribution in [1.82, 2.24) is 14.5 Å². The SMILES string of the molecule is Cc1n[nH]c(C)c1S(=O)(=O)N1CCN(c2ccc(C(F)(F)F)cc2)CC1. The molecule has 0 atom stereocenters. The Morgan fingerprint density at radius 2 is 1.62 bits per heavy atom. The Balaban J connectivity index is 1.71. The van der Waals surface area contributed by atoms with E-state index in [1.54, 1.807) is 13.8 Å². The van der Waals surface area contributed by atoms with Crippen LogP contribution in [0.15, 0.2) is 29.2 Å². The zero-order chi connectivity index (χ0) is 19.1. The van der Waals surface area contributed by atoms with Gasteiger partial charge in [0.05, 0.1) is 17.0 Å². The van der Waals surface area contributed by atoms with Crippen molar-refractivity contribution < 1.29 is 21.6 Å². The molecular formula is C16H19F3N4O2S. The number of benzene rings is 1. The minimum absolute atomic E-state index is 0.195. The molecule has 1 saturated heterocycles. The van der Waals surface area contributed by atoms with E-state index in [1.807, 2.05) is 4.90 Å². The molecule has 0 bridgehead atoms. The molecule has 0 saturated carbocycles. The normalized spacial score (nSPS) is 16.9. The highest BCUT2D eigenvalue weighted by atomic mass is 32.2. The third kappa shape index (κ3) is 3.43. The maximum atomic E-state index is 12.8. The highest BCUT2D eigenvalue weighted by Crippen LogP contribution is 2.31. The fraction of sp³-hybridized carbons (Fsp3) is 0.438. The molecular weight excluding hydrogens is 369 g/mol. The van der Waals surface area contributed by atoms with Gasteiger partial charge in [0, 0.05) is 31.9 Å². The molecule has 0 radical (unpaired) electrons. The maximum absolute atomic E-state index is 12.8. The largest absolute Gasteiger partial charge is 0.416 e. The summed E-state index contributed by atoms with van der Waals surface area (Å²) in [6, 6.07) is 4.90. The number of nitrogens with one attached hydrogen (secondary N) is 1. The molecule has 1 fully saturated rings. The van der Waals surface area contributed by atoms with E-state index in [9.17, 15) is 21.6 Å². The molecule has 1 aliphatic heterocycles. The van der Waals surface area contributed by atoms with Gasteiger partial charge >= 0.3 is 6.18 Å². The van der Waals surface area contributed by atoms with Crippen LogP contribution in [0, 0.1) is 13.8 Å². The fourth-order valence-electron chi connectivity index (χ4n) is 3.10. The van der Waals surface area contributed by atoms with Gasteiger partial charge in [-0.3, -0.25) is 5.10 Å². The topological polar surface area (TPSA) is 69.3 Å². The second-order valence-electron chi connectivity index (χ2n) is 6.20. The summed E-state index contributed by atoms with van der Waals surface area (Å²) in [6.07, 6.45) is -4.37. The number of anilines is 1. The van der Waals surface area contributed by atoms with Gasteiger partial charge in [0.25, 0.3) is 0 Å². The average molecular weight is 388 g/mol. The summed E-state index contributed by atoms with van der Waals surface area (Å²) >= 11 is 0. The summed E-state index contributed by atoms with van der Waals surface area (Å²) in [7, 11) is -3.65. The lowest BCUT2D eigenvalue weighted by Crippen LogP contribution is -2.48. The van der Waals surface area contributed by atoms with Crippen LogP contribution in [0.5, 0.6) is 0 Å². The van der Waals surface area contributed by atoms with Crippen molar-refractivity contribution in [2.45, 2.75) is 24.9 Å². The Morgan fingerprint density at radius 1 is 1.04 bits per heavy atom. The Labute approximate surface area is 149 Å². The maximum Gasteiger partial charge on any atom is 0.416 e. The van der Waals surface area contributed by atoms with Crippen LogP contribution < -0.4 is 4.90 Å². The molecule has 2 aromatic rings. The third-order valence-corrected chi connectivity index (χ3v) is 6.62. The van der Waals surface area contributed by atoms with E-state index in [0.29, 0.717) is 30.2 Å². The molecule has 10 heteroatoms. The van der Waals surface area contributed by atoms with Crippen LogP contribution in [0.25, 0.3) is 0 Å². The standard InChI is InChI=1S/C16H19F3N4O2S/c1-11-15(12(2)21-20-11)26(24,25)23-9-7-22(8-10-23)14-5-3-13(4-6-14)16(17,18)19/h3-6H,7-10H2,1-2H3,(H,20,21). The summed E-state index contributed by atoms with van der Waals surface area (Å²) in [5, 5.41) is 6.61. The highest BCUT2D eigenvalue weighted by Gasteiger charge is 2.33. The van der Waals surface area contributed by atoms with E-state index in [4.69, 9.17) is 0 Å². The smallest absolute Gasteiger partial charge is 0.369 e. The number of aryl methyl sites for hydroxylation is 2. The van der Waals surface area contributed by atoms with Crippen molar-refractivity contribution in [3.8, 4) is 0 Å². The summed E-state index contributed by atoms with van der Waals surface area (Å²) in [5.74, 6) is 0. The van der Waals surface area contributed by atoms with Crippen molar-refractivity contribution in [1.29, 1.82) is 0 Å². The zero-order valence-electron chi connectivity index (χ0n) is 14.3. The first kappa shape index (κ1) is 18.7. The van der Waals surface area contributed by atoms with E-state index >= 15 is 0 Å². The molecule has 142 valence electrons. The number of halogens is 3. The summed E-state index contributed by atoms with van der Waals surface area (Å²) in [6.45, 7) is 4.61. The first-order chi connectivity index (χ1) is 12.1. The lowest BCUT2D eigenvalue weighted by atomic mass is 10.2. The Morgan fingerprint density at radius 3 is 2.08 bits per heavy atom. The van der Waals surface area contributed by atoms with Crippen molar-refractivity contribution >= 4 is 15.7 Å². The van der Waals surface area contributed by atoms with Gasteiger partial charge in [0.2, 0.25) is 10.0 Å². The fourth-order valence-corrected chi connectivity index (χ4v) is 4.85. The molecule has 2 heterocycles. The molecule has 0 aliphatic carbocycles. The summed E-state index contributed by atoms with van der Waals surface area (Å²) < 4.78 is 65.0. The average Bonchev–Trinajstić information content (AvgIpc) is 2.93. The molecule has 26 heavy (non-hydrogen) atoms. The Kier molecular flexibility index (Phi) is 4.74. The van der Waals surface area contributed by atoms with Gasteiger partial charge < -0.3 is 4.90 Å². The van der Waals surface area contributed by atoms with E-state index in [2.05, 4.69) is 10.2 Å². The second kappa shape index (κ2) is 6.58. The Bertz CT molecular complexity index is 864. The number of aromatic nitrogens is 2. The number of aromatic amines is 1. The molecule has 3 rings (SSSR count). The first-order valence-corrected chi connectivity index (χ1v) is 9.48. The molecule has 1 aromatic carbocycles. The number of hydrogen-bond donors (Lipinski definition) is 1. The second-order valence-corrected chi connectivity index (χ2v) is 8.07. The number of rotatable bonds is 3. The van der Waals surface area contributed by atoms with Crippen molar-refractivity contribution in [2.24, 2.45) is 0 Å². The van der Waals surface area contributed by atoms with Crippen molar-refractivity contribution in [3.05, 3.63) is 41.2 Å². The van der Waals surface area contributed by atoms with Gasteiger partial charge in [-0.15, -0.1) is 0 Å². The first-order valence-electron chi connectivity index (χ1n) is 8.04. The molecule has 6 nitrogen and oxygen atoms in total. The summed E-state index contributed by atoms with van der Waals surface area (Å²) in [4.78, 5) is 2.07. The third-order valence-electron chi connectivity index (χ3n) is 4.46. The predicted molar refractivity (Wildman–Crippen MR) is 90.5 cm³/mol. The van der Waals surface area contributed by atoms with Crippen molar-refractivity contribution in [2.75, 3.05) is 31.1 Å². The van der Waals surface area contributed by atoms with Crippen LogP contribution in [0.3, 0.4) is 0 Å². The van der Waals surface area contributed by atoms with Crippen LogP contribution in [0.4, 0.5) is 18.9 Å². The minimum Gasteiger partial charge on any atom is -0.369 e. The monoisotopic (exact) mass is 388 g/mol. The van der Waals surface area contributed by atoms with Crippen LogP contribution in [-0.2, 0) is 16.2 Å². The van der Waals surface area contributed by atoms with E-state index in [0.717, 1.165) is 12.1 Å². The van der Waals surface area contributed by atoms with E-state index in [-0.39, 0.29) is 18.0 Å². The number of H-pyrrole nitrogens is 1. The van der Waals surface area contributed by atoms with Gasteiger partial charge in [-0.05, 0) is 38.1 Å². The van der Waals surface area contributed by atoms with Gasteiger partial charge in [-0.2, -0.15) is 22.6 Å². The molecule has 0 spiro atoms. The zero-order valence-corrected chi connectivity index (χ0v) is 15.2. The summed E-state index contributed by atoms with van der Waals surface area (Å²) in [5.41, 5.74) is 0.861. The van der Waals surface area contributed by atoms with Crippen LogP contribution in [0.2, 0.25) is 0 Å². The molecule has 1 aromatic heterocycles. The van der Waals surface area contributed by atoms with E-state index < -0.39 is 21.8 Å². The van der Waals surface area contributed by atoms with Crippen molar-refractivity contribution in [3.63, 3.8) is 0 Å². The predicted octanol–water partition coefficient (Wildman–Crippen LogP) is 2.56. The number of sulfonamides is 1. The van der Waals surface area contributed by atoms with Gasteiger partial charge in [-0.25, -0.2) is 8.42 Å². The van der Waals surface area contributed by atoms with Crippen LogP contribution >= 0.6 is 0 Å². The van der Waals surface area contributed by atoms with Gasteiger partial charge in [0.15, 0.2) is 0 Å². The highest BCUT2D eigenvalue weighted by molar-refractivity contribution is 7.89. The lowest BCUT2D eigenvalue weighted by Gasteiger charge is -2.35.